The summed E-state index contributed by atoms with van der Waals surface area (Å²) in [6, 6.07) is 1.40. The zero-order valence-corrected chi connectivity index (χ0v) is 12.2. The van der Waals surface area contributed by atoms with Crippen LogP contribution in [0, 0.1) is 11.8 Å². The normalized spacial score (nSPS) is 32.1. The summed E-state index contributed by atoms with van der Waals surface area (Å²) in [5, 5.41) is 3.90. The van der Waals surface area contributed by atoms with Crippen molar-refractivity contribution in [2.45, 2.75) is 83.2 Å². The highest BCUT2D eigenvalue weighted by atomic mass is 15.0. The molecule has 2 rings (SSSR count). The summed E-state index contributed by atoms with van der Waals surface area (Å²) in [6.45, 7) is 6.18. The molecule has 0 saturated heterocycles. The number of rotatable bonds is 5. The third-order valence-electron chi connectivity index (χ3n) is 5.09. The predicted octanol–water partition coefficient (Wildman–Crippen LogP) is 4.68. The van der Waals surface area contributed by atoms with Crippen LogP contribution in [0.3, 0.4) is 0 Å². The highest BCUT2D eigenvalue weighted by molar-refractivity contribution is 4.89. The maximum atomic E-state index is 3.90. The first-order chi connectivity index (χ1) is 8.81. The molecule has 0 bridgehead atoms. The molecule has 1 N–H and O–H groups in total. The molecule has 18 heavy (non-hydrogen) atoms. The van der Waals surface area contributed by atoms with Crippen molar-refractivity contribution in [2.24, 2.45) is 11.8 Å². The minimum atomic E-state index is 0.608. The van der Waals surface area contributed by atoms with E-state index < -0.39 is 0 Å². The number of hydrogen-bond donors (Lipinski definition) is 1. The van der Waals surface area contributed by atoms with Gasteiger partial charge in [0.05, 0.1) is 0 Å². The van der Waals surface area contributed by atoms with Crippen LogP contribution in [-0.2, 0) is 0 Å². The molecule has 0 heterocycles. The summed E-state index contributed by atoms with van der Waals surface area (Å²) < 4.78 is 0. The van der Waals surface area contributed by atoms with Gasteiger partial charge in [-0.1, -0.05) is 51.0 Å². The van der Waals surface area contributed by atoms with Gasteiger partial charge in [0, 0.05) is 12.1 Å². The smallest absolute Gasteiger partial charge is 0.0101 e. The molecule has 2 aliphatic rings. The zero-order chi connectivity index (χ0) is 12.8. The van der Waals surface area contributed by atoms with Gasteiger partial charge in [-0.05, 0) is 38.0 Å². The number of nitrogens with one attached hydrogen (secondary N) is 1. The molecule has 0 aromatic rings. The van der Waals surface area contributed by atoms with Crippen molar-refractivity contribution < 1.29 is 0 Å². The van der Waals surface area contributed by atoms with Crippen LogP contribution < -0.4 is 5.32 Å². The largest absolute Gasteiger partial charge is 0.311 e. The van der Waals surface area contributed by atoms with Crippen LogP contribution in [0.25, 0.3) is 0 Å². The molecule has 0 radical (unpaired) electrons. The summed E-state index contributed by atoms with van der Waals surface area (Å²) >= 11 is 0. The van der Waals surface area contributed by atoms with Gasteiger partial charge in [0.2, 0.25) is 0 Å². The minimum absolute atomic E-state index is 0.608. The first-order valence-electron chi connectivity index (χ1n) is 8.18. The molecule has 2 aliphatic carbocycles. The van der Waals surface area contributed by atoms with Crippen molar-refractivity contribution >= 4 is 0 Å². The maximum absolute atomic E-state index is 3.90. The Morgan fingerprint density at radius 1 is 1.06 bits per heavy atom. The van der Waals surface area contributed by atoms with E-state index in [1.807, 2.05) is 0 Å². The van der Waals surface area contributed by atoms with Crippen molar-refractivity contribution in [1.29, 1.82) is 0 Å². The molecule has 3 atom stereocenters. The van der Waals surface area contributed by atoms with Crippen molar-refractivity contribution in [1.82, 2.24) is 5.32 Å². The van der Waals surface area contributed by atoms with Crippen LogP contribution in [0.15, 0.2) is 12.7 Å². The quantitative estimate of drug-likeness (QED) is 0.698. The lowest BCUT2D eigenvalue weighted by molar-refractivity contribution is 0.143. The summed E-state index contributed by atoms with van der Waals surface area (Å²) in [5.74, 6) is 1.98. The first-order valence-corrected chi connectivity index (χ1v) is 8.18. The van der Waals surface area contributed by atoms with Gasteiger partial charge < -0.3 is 5.32 Å². The summed E-state index contributed by atoms with van der Waals surface area (Å²) in [4.78, 5) is 0. The van der Waals surface area contributed by atoms with Gasteiger partial charge in [0.25, 0.3) is 0 Å². The summed E-state index contributed by atoms with van der Waals surface area (Å²) in [6.07, 6.45) is 16.4. The molecule has 0 amide bonds. The van der Waals surface area contributed by atoms with E-state index in [1.165, 1.54) is 57.8 Å². The van der Waals surface area contributed by atoms with Crippen molar-refractivity contribution in [3.63, 3.8) is 0 Å². The molecule has 0 aromatic carbocycles. The van der Waals surface area contributed by atoms with Gasteiger partial charge >= 0.3 is 0 Å². The van der Waals surface area contributed by atoms with Crippen molar-refractivity contribution in [3.05, 3.63) is 12.7 Å². The fourth-order valence-electron chi connectivity index (χ4n) is 4.18. The van der Waals surface area contributed by atoms with E-state index in [-0.39, 0.29) is 0 Å². The van der Waals surface area contributed by atoms with Crippen molar-refractivity contribution in [3.8, 4) is 0 Å². The molecule has 1 nitrogen and oxygen atoms in total. The third kappa shape index (κ3) is 3.85. The molecule has 3 unspecified atom stereocenters. The Labute approximate surface area is 113 Å². The lowest BCUT2D eigenvalue weighted by Gasteiger charge is -2.40. The van der Waals surface area contributed by atoms with E-state index in [0.717, 1.165) is 24.3 Å². The van der Waals surface area contributed by atoms with Gasteiger partial charge in [0.1, 0.15) is 0 Å². The van der Waals surface area contributed by atoms with Crippen LogP contribution in [-0.4, -0.2) is 12.1 Å². The van der Waals surface area contributed by atoms with E-state index in [1.54, 1.807) is 0 Å². The SMILES string of the molecule is C=CCC(C)NC1CCCCC1C1CCCCC1. The lowest BCUT2D eigenvalue weighted by Crippen LogP contribution is -2.46. The Bertz CT molecular complexity index is 242. The second-order valence-electron chi connectivity index (χ2n) is 6.54. The topological polar surface area (TPSA) is 12.0 Å². The van der Waals surface area contributed by atoms with Crippen LogP contribution in [0.5, 0.6) is 0 Å². The molecular formula is C17H31N. The van der Waals surface area contributed by atoms with E-state index >= 15 is 0 Å². The fraction of sp³-hybridized carbons (Fsp3) is 0.882. The second kappa shape index (κ2) is 7.33. The Kier molecular flexibility index (Phi) is 5.75. The Hall–Kier alpha value is -0.300. The summed E-state index contributed by atoms with van der Waals surface area (Å²) in [7, 11) is 0. The zero-order valence-electron chi connectivity index (χ0n) is 12.2. The van der Waals surface area contributed by atoms with Gasteiger partial charge in [-0.25, -0.2) is 0 Å². The fourth-order valence-corrected chi connectivity index (χ4v) is 4.18. The minimum Gasteiger partial charge on any atom is -0.311 e. The second-order valence-corrected chi connectivity index (χ2v) is 6.54. The molecule has 2 fully saturated rings. The molecule has 1 heteroatoms. The Morgan fingerprint density at radius 3 is 2.44 bits per heavy atom. The molecule has 0 spiro atoms. The van der Waals surface area contributed by atoms with E-state index in [2.05, 4.69) is 24.9 Å². The van der Waals surface area contributed by atoms with Gasteiger partial charge in [0.15, 0.2) is 0 Å². The Morgan fingerprint density at radius 2 is 1.72 bits per heavy atom. The molecule has 2 saturated carbocycles. The van der Waals surface area contributed by atoms with Gasteiger partial charge in [-0.15, -0.1) is 6.58 Å². The Balaban J connectivity index is 1.89. The number of hydrogen-bond acceptors (Lipinski definition) is 1. The molecule has 0 aliphatic heterocycles. The molecule has 104 valence electrons. The molecular weight excluding hydrogens is 218 g/mol. The maximum Gasteiger partial charge on any atom is 0.0101 e. The van der Waals surface area contributed by atoms with E-state index in [9.17, 15) is 0 Å². The highest BCUT2D eigenvalue weighted by Crippen LogP contribution is 2.38. The highest BCUT2D eigenvalue weighted by Gasteiger charge is 2.32. The van der Waals surface area contributed by atoms with E-state index in [4.69, 9.17) is 0 Å². The lowest BCUT2D eigenvalue weighted by atomic mass is 9.71. The average Bonchev–Trinajstić information content (AvgIpc) is 2.40. The van der Waals surface area contributed by atoms with Crippen LogP contribution >= 0.6 is 0 Å². The first kappa shape index (κ1) is 14.1. The summed E-state index contributed by atoms with van der Waals surface area (Å²) in [5.41, 5.74) is 0. The van der Waals surface area contributed by atoms with E-state index in [0.29, 0.717) is 6.04 Å². The monoisotopic (exact) mass is 249 g/mol. The van der Waals surface area contributed by atoms with Crippen LogP contribution in [0.2, 0.25) is 0 Å². The predicted molar refractivity (Wildman–Crippen MR) is 79.7 cm³/mol. The van der Waals surface area contributed by atoms with Crippen LogP contribution in [0.1, 0.15) is 71.1 Å². The molecule has 0 aromatic heterocycles. The standard InChI is InChI=1S/C17H31N/c1-3-9-14(2)18-17-13-8-7-12-16(17)15-10-5-4-6-11-15/h3,14-18H,1,4-13H2,2H3. The van der Waals surface area contributed by atoms with Gasteiger partial charge in [-0.2, -0.15) is 0 Å². The van der Waals surface area contributed by atoms with Crippen LogP contribution in [0.4, 0.5) is 0 Å². The van der Waals surface area contributed by atoms with Gasteiger partial charge in [-0.3, -0.25) is 0 Å². The van der Waals surface area contributed by atoms with Crippen molar-refractivity contribution in [2.75, 3.05) is 0 Å². The third-order valence-corrected chi connectivity index (χ3v) is 5.09. The average molecular weight is 249 g/mol.